The maximum atomic E-state index is 11.2. The number of carbonyl (C=O) groups is 1. The van der Waals surface area contributed by atoms with E-state index in [0.29, 0.717) is 13.1 Å². The van der Waals surface area contributed by atoms with Crippen LogP contribution in [0.3, 0.4) is 0 Å². The van der Waals surface area contributed by atoms with Gasteiger partial charge in [-0.2, -0.15) is 0 Å². The second-order valence-electron chi connectivity index (χ2n) is 2.92. The molecule has 0 aliphatic heterocycles. The first-order chi connectivity index (χ1) is 5.04. The predicted octanol–water partition coefficient (Wildman–Crippen LogP) is -0.941. The second-order valence-corrected chi connectivity index (χ2v) is 2.92. The van der Waals surface area contributed by atoms with Crippen LogP contribution in [-0.4, -0.2) is 31.6 Å². The Labute approximate surface area is 67.5 Å². The topological polar surface area (TPSA) is 67.2 Å². The van der Waals surface area contributed by atoms with E-state index in [1.54, 1.807) is 7.05 Å². The smallest absolute Gasteiger partial charge is 0.239 e. The van der Waals surface area contributed by atoms with Crippen molar-refractivity contribution in [2.45, 2.75) is 19.4 Å². The predicted molar refractivity (Wildman–Crippen MR) is 45.2 cm³/mol. The zero-order valence-corrected chi connectivity index (χ0v) is 7.40. The first kappa shape index (κ1) is 10.4. The summed E-state index contributed by atoms with van der Waals surface area (Å²) in [6, 6.07) is 0. The van der Waals surface area contributed by atoms with Crippen molar-refractivity contribution in [3.8, 4) is 0 Å². The molecule has 66 valence electrons. The zero-order valence-electron chi connectivity index (χ0n) is 7.40. The fraction of sp³-hybridized carbons (Fsp3) is 0.857. The van der Waals surface area contributed by atoms with Gasteiger partial charge in [-0.25, -0.2) is 0 Å². The van der Waals surface area contributed by atoms with E-state index in [9.17, 15) is 4.79 Å². The molecular weight excluding hydrogens is 142 g/mol. The van der Waals surface area contributed by atoms with Crippen molar-refractivity contribution in [1.29, 1.82) is 0 Å². The van der Waals surface area contributed by atoms with Gasteiger partial charge in [0.1, 0.15) is 0 Å². The molecule has 0 radical (unpaired) electrons. The van der Waals surface area contributed by atoms with E-state index in [0.717, 1.165) is 0 Å². The average Bonchev–Trinajstić information content (AvgIpc) is 2.00. The Balaban J connectivity index is 3.82. The molecule has 0 unspecified atom stereocenters. The Kier molecular flexibility index (Phi) is 4.07. The van der Waals surface area contributed by atoms with Gasteiger partial charge in [-0.05, 0) is 20.9 Å². The molecule has 0 aliphatic rings. The first-order valence-corrected chi connectivity index (χ1v) is 3.72. The fourth-order valence-corrected chi connectivity index (χ4v) is 0.520. The number of hydrogen-bond acceptors (Lipinski definition) is 3. The number of carbonyl (C=O) groups excluding carboxylic acids is 1. The quantitative estimate of drug-likeness (QED) is 0.496. The summed E-state index contributed by atoms with van der Waals surface area (Å²) in [5, 5.41) is 5.59. The minimum Gasteiger partial charge on any atom is -0.353 e. The highest BCUT2D eigenvalue weighted by Gasteiger charge is 2.23. The summed E-state index contributed by atoms with van der Waals surface area (Å²) in [6.07, 6.45) is 0. The van der Waals surface area contributed by atoms with Crippen LogP contribution in [0, 0.1) is 0 Å². The van der Waals surface area contributed by atoms with E-state index in [4.69, 9.17) is 5.73 Å². The standard InChI is InChI=1S/C7H17N3O/c1-7(2,9-3)6(11)10-5-4-8/h9H,4-5,8H2,1-3H3,(H,10,11). The number of nitrogens with two attached hydrogens (primary N) is 1. The van der Waals surface area contributed by atoms with Gasteiger partial charge in [0.15, 0.2) is 0 Å². The van der Waals surface area contributed by atoms with Gasteiger partial charge >= 0.3 is 0 Å². The van der Waals surface area contributed by atoms with Crippen molar-refractivity contribution in [2.24, 2.45) is 5.73 Å². The SMILES string of the molecule is CNC(C)(C)C(=O)NCCN. The highest BCUT2D eigenvalue weighted by atomic mass is 16.2. The molecule has 1 amide bonds. The van der Waals surface area contributed by atoms with Crippen LogP contribution in [0.25, 0.3) is 0 Å². The molecule has 0 spiro atoms. The maximum Gasteiger partial charge on any atom is 0.239 e. The lowest BCUT2D eigenvalue weighted by Crippen LogP contribution is -2.51. The number of amides is 1. The van der Waals surface area contributed by atoms with Crippen LogP contribution >= 0.6 is 0 Å². The molecule has 0 aliphatic carbocycles. The van der Waals surface area contributed by atoms with Crippen LogP contribution in [-0.2, 0) is 4.79 Å². The van der Waals surface area contributed by atoms with Gasteiger partial charge in [0, 0.05) is 13.1 Å². The molecule has 0 atom stereocenters. The van der Waals surface area contributed by atoms with Crippen molar-refractivity contribution in [3.05, 3.63) is 0 Å². The zero-order chi connectivity index (χ0) is 8.91. The van der Waals surface area contributed by atoms with Gasteiger partial charge in [0.2, 0.25) is 5.91 Å². The van der Waals surface area contributed by atoms with Gasteiger partial charge in [-0.1, -0.05) is 0 Å². The lowest BCUT2D eigenvalue weighted by Gasteiger charge is -2.22. The third kappa shape index (κ3) is 3.34. The van der Waals surface area contributed by atoms with E-state index in [1.807, 2.05) is 13.8 Å². The molecule has 0 heterocycles. The molecule has 0 aromatic heterocycles. The third-order valence-electron chi connectivity index (χ3n) is 1.62. The molecule has 0 aromatic rings. The molecule has 0 rings (SSSR count). The van der Waals surface area contributed by atoms with Gasteiger partial charge in [0.05, 0.1) is 5.54 Å². The van der Waals surface area contributed by atoms with Crippen molar-refractivity contribution in [1.82, 2.24) is 10.6 Å². The van der Waals surface area contributed by atoms with Crippen LogP contribution in [0.15, 0.2) is 0 Å². The van der Waals surface area contributed by atoms with Crippen LogP contribution < -0.4 is 16.4 Å². The molecule has 4 N–H and O–H groups in total. The van der Waals surface area contributed by atoms with E-state index < -0.39 is 5.54 Å². The van der Waals surface area contributed by atoms with Crippen LogP contribution in [0.1, 0.15) is 13.8 Å². The van der Waals surface area contributed by atoms with Crippen molar-refractivity contribution >= 4 is 5.91 Å². The molecule has 0 saturated heterocycles. The summed E-state index contributed by atoms with van der Waals surface area (Å²) in [6.45, 7) is 4.65. The minimum absolute atomic E-state index is 0.0227. The molecule has 0 saturated carbocycles. The maximum absolute atomic E-state index is 11.2. The summed E-state index contributed by atoms with van der Waals surface area (Å²) >= 11 is 0. The van der Waals surface area contributed by atoms with Gasteiger partial charge in [-0.3, -0.25) is 4.79 Å². The molecule has 4 nitrogen and oxygen atoms in total. The molecule has 4 heteroatoms. The number of rotatable bonds is 4. The Morgan fingerprint density at radius 3 is 2.45 bits per heavy atom. The third-order valence-corrected chi connectivity index (χ3v) is 1.62. The summed E-state index contributed by atoms with van der Waals surface area (Å²) < 4.78 is 0. The summed E-state index contributed by atoms with van der Waals surface area (Å²) in [5.41, 5.74) is 4.72. The highest BCUT2D eigenvalue weighted by molar-refractivity contribution is 5.85. The Hall–Kier alpha value is -0.610. The van der Waals surface area contributed by atoms with E-state index in [2.05, 4.69) is 10.6 Å². The number of hydrogen-bond donors (Lipinski definition) is 3. The van der Waals surface area contributed by atoms with Crippen LogP contribution in [0.4, 0.5) is 0 Å². The monoisotopic (exact) mass is 159 g/mol. The van der Waals surface area contributed by atoms with Gasteiger partial charge in [0.25, 0.3) is 0 Å². The minimum atomic E-state index is -0.505. The van der Waals surface area contributed by atoms with Gasteiger partial charge < -0.3 is 16.4 Å². The lowest BCUT2D eigenvalue weighted by atomic mass is 10.1. The van der Waals surface area contributed by atoms with Crippen LogP contribution in [0.2, 0.25) is 0 Å². The Morgan fingerprint density at radius 2 is 2.09 bits per heavy atom. The van der Waals surface area contributed by atoms with Crippen molar-refractivity contribution < 1.29 is 4.79 Å². The van der Waals surface area contributed by atoms with E-state index in [-0.39, 0.29) is 5.91 Å². The molecule has 0 bridgehead atoms. The van der Waals surface area contributed by atoms with E-state index >= 15 is 0 Å². The van der Waals surface area contributed by atoms with E-state index in [1.165, 1.54) is 0 Å². The Morgan fingerprint density at radius 1 is 1.55 bits per heavy atom. The highest BCUT2D eigenvalue weighted by Crippen LogP contribution is 1.98. The van der Waals surface area contributed by atoms with Crippen molar-refractivity contribution in [3.63, 3.8) is 0 Å². The molecule has 0 fully saturated rings. The first-order valence-electron chi connectivity index (χ1n) is 3.72. The van der Waals surface area contributed by atoms with Gasteiger partial charge in [-0.15, -0.1) is 0 Å². The largest absolute Gasteiger partial charge is 0.353 e. The second kappa shape index (κ2) is 4.31. The average molecular weight is 159 g/mol. The lowest BCUT2D eigenvalue weighted by molar-refractivity contribution is -0.126. The molecular formula is C7H17N3O. The van der Waals surface area contributed by atoms with Crippen molar-refractivity contribution in [2.75, 3.05) is 20.1 Å². The normalized spacial score (nSPS) is 11.3. The Bertz CT molecular complexity index is 134. The fourth-order valence-electron chi connectivity index (χ4n) is 0.520. The summed E-state index contributed by atoms with van der Waals surface area (Å²) in [4.78, 5) is 11.2. The summed E-state index contributed by atoms with van der Waals surface area (Å²) in [5.74, 6) is -0.0227. The number of nitrogens with one attached hydrogen (secondary N) is 2. The van der Waals surface area contributed by atoms with Crippen LogP contribution in [0.5, 0.6) is 0 Å². The molecule has 11 heavy (non-hydrogen) atoms. The molecule has 0 aromatic carbocycles. The summed E-state index contributed by atoms with van der Waals surface area (Å²) in [7, 11) is 1.75. The number of likely N-dealkylation sites (N-methyl/N-ethyl adjacent to an activating group) is 1.